The predicted octanol–water partition coefficient (Wildman–Crippen LogP) is 3.87. The maximum absolute atomic E-state index is 6.09. The molecule has 1 saturated carbocycles. The molecule has 1 fully saturated rings. The molecule has 1 aromatic rings. The Balaban J connectivity index is 2.23. The van der Waals surface area contributed by atoms with Crippen molar-refractivity contribution in [2.24, 2.45) is 17.6 Å². The minimum atomic E-state index is 0.447. The van der Waals surface area contributed by atoms with Crippen molar-refractivity contribution < 1.29 is 4.74 Å². The molecule has 1 atom stereocenters. The van der Waals surface area contributed by atoms with Crippen molar-refractivity contribution in [3.63, 3.8) is 0 Å². The zero-order valence-corrected chi connectivity index (χ0v) is 12.5. The lowest BCUT2D eigenvalue weighted by atomic mass is 9.73. The lowest BCUT2D eigenvalue weighted by molar-refractivity contribution is 0.252. The molecular formula is C17H27NO. The van der Waals surface area contributed by atoms with Gasteiger partial charge < -0.3 is 10.5 Å². The first-order valence-electron chi connectivity index (χ1n) is 7.50. The normalized spacial score (nSPS) is 25.1. The van der Waals surface area contributed by atoms with Crippen LogP contribution in [-0.2, 0) is 0 Å². The summed E-state index contributed by atoms with van der Waals surface area (Å²) < 4.78 is 5.54. The van der Waals surface area contributed by atoms with Gasteiger partial charge in [-0.15, -0.1) is 0 Å². The number of nitrogens with two attached hydrogens (primary N) is 1. The van der Waals surface area contributed by atoms with E-state index in [0.29, 0.717) is 5.92 Å². The van der Waals surface area contributed by atoms with E-state index in [4.69, 9.17) is 10.5 Å². The zero-order chi connectivity index (χ0) is 13.8. The lowest BCUT2D eigenvalue weighted by Gasteiger charge is -2.33. The molecule has 0 spiro atoms. The Hall–Kier alpha value is -1.02. The Morgan fingerprint density at radius 1 is 1.26 bits per heavy atom. The largest absolute Gasteiger partial charge is 0.496 e. The molecule has 2 heteroatoms. The van der Waals surface area contributed by atoms with Crippen LogP contribution in [0.25, 0.3) is 0 Å². The van der Waals surface area contributed by atoms with Gasteiger partial charge in [-0.05, 0) is 49.8 Å². The maximum atomic E-state index is 6.09. The average Bonchev–Trinajstić information content (AvgIpc) is 2.42. The summed E-state index contributed by atoms with van der Waals surface area (Å²) in [5.41, 5.74) is 8.69. The highest BCUT2D eigenvalue weighted by atomic mass is 16.5. The molecule has 2 N–H and O–H groups in total. The van der Waals surface area contributed by atoms with Crippen LogP contribution >= 0.6 is 0 Å². The second kappa shape index (κ2) is 6.42. The van der Waals surface area contributed by atoms with E-state index < -0.39 is 0 Å². The first-order valence-corrected chi connectivity index (χ1v) is 7.50. The summed E-state index contributed by atoms with van der Waals surface area (Å²) in [6.45, 7) is 5.22. The van der Waals surface area contributed by atoms with Crippen LogP contribution in [0.3, 0.4) is 0 Å². The molecule has 1 aromatic carbocycles. The third kappa shape index (κ3) is 3.30. The van der Waals surface area contributed by atoms with E-state index >= 15 is 0 Å². The van der Waals surface area contributed by atoms with Crippen LogP contribution in [0.4, 0.5) is 0 Å². The molecule has 2 rings (SSSR count). The number of aryl methyl sites for hydroxylation is 1. The summed E-state index contributed by atoms with van der Waals surface area (Å²) in [5, 5.41) is 0. The second-order valence-corrected chi connectivity index (χ2v) is 6.11. The summed E-state index contributed by atoms with van der Waals surface area (Å²) in [5.74, 6) is 3.05. The average molecular weight is 261 g/mol. The van der Waals surface area contributed by atoms with Crippen molar-refractivity contribution in [1.29, 1.82) is 0 Å². The van der Waals surface area contributed by atoms with Gasteiger partial charge in [-0.25, -0.2) is 0 Å². The highest BCUT2D eigenvalue weighted by Crippen LogP contribution is 2.40. The molecule has 2 nitrogen and oxygen atoms in total. The molecule has 1 aliphatic rings. The minimum Gasteiger partial charge on any atom is -0.496 e. The molecule has 106 valence electrons. The van der Waals surface area contributed by atoms with Crippen LogP contribution in [0.2, 0.25) is 0 Å². The van der Waals surface area contributed by atoms with E-state index in [1.54, 1.807) is 7.11 Å². The van der Waals surface area contributed by atoms with Crippen molar-refractivity contribution in [3.8, 4) is 5.75 Å². The van der Waals surface area contributed by atoms with Crippen LogP contribution in [-0.4, -0.2) is 13.7 Å². The summed E-state index contributed by atoms with van der Waals surface area (Å²) in [6, 6.07) is 6.45. The highest BCUT2D eigenvalue weighted by molar-refractivity contribution is 5.40. The highest BCUT2D eigenvalue weighted by Gasteiger charge is 2.28. The Labute approximate surface area is 117 Å². The maximum Gasteiger partial charge on any atom is 0.122 e. The molecule has 0 radical (unpaired) electrons. The van der Waals surface area contributed by atoms with Gasteiger partial charge in [0, 0.05) is 5.92 Å². The molecule has 1 unspecified atom stereocenters. The quantitative estimate of drug-likeness (QED) is 0.893. The number of ether oxygens (including phenoxy) is 1. The molecule has 0 heterocycles. The fraction of sp³-hybridized carbons (Fsp3) is 0.647. The van der Waals surface area contributed by atoms with Crippen molar-refractivity contribution >= 4 is 0 Å². The Kier molecular flexibility index (Phi) is 4.87. The van der Waals surface area contributed by atoms with E-state index in [9.17, 15) is 0 Å². The van der Waals surface area contributed by atoms with Crippen molar-refractivity contribution in [2.45, 2.75) is 45.4 Å². The number of hydrogen-bond acceptors (Lipinski definition) is 2. The SMILES string of the molecule is COc1ccc(C)cc1C(CN)C1CCC(C)CC1. The summed E-state index contributed by atoms with van der Waals surface area (Å²) >= 11 is 0. The number of methoxy groups -OCH3 is 1. The van der Waals surface area contributed by atoms with Crippen LogP contribution in [0, 0.1) is 18.8 Å². The van der Waals surface area contributed by atoms with Gasteiger partial charge in [0.05, 0.1) is 7.11 Å². The van der Waals surface area contributed by atoms with E-state index in [1.807, 2.05) is 0 Å². The van der Waals surface area contributed by atoms with E-state index in [0.717, 1.165) is 24.1 Å². The Morgan fingerprint density at radius 3 is 2.53 bits per heavy atom. The number of benzene rings is 1. The summed E-state index contributed by atoms with van der Waals surface area (Å²) in [4.78, 5) is 0. The first-order chi connectivity index (χ1) is 9.15. The first kappa shape index (κ1) is 14.4. The smallest absolute Gasteiger partial charge is 0.122 e. The lowest BCUT2D eigenvalue weighted by Crippen LogP contribution is -2.25. The molecular weight excluding hydrogens is 234 g/mol. The Morgan fingerprint density at radius 2 is 1.95 bits per heavy atom. The second-order valence-electron chi connectivity index (χ2n) is 6.11. The van der Waals surface area contributed by atoms with Crippen molar-refractivity contribution in [3.05, 3.63) is 29.3 Å². The fourth-order valence-corrected chi connectivity index (χ4v) is 3.41. The standard InChI is InChI=1S/C17H27NO/c1-12-4-7-14(8-5-12)16(11-18)15-10-13(2)6-9-17(15)19-3/h6,9-10,12,14,16H,4-5,7-8,11,18H2,1-3H3. The molecule has 0 amide bonds. The monoisotopic (exact) mass is 261 g/mol. The van der Waals surface area contributed by atoms with E-state index in [1.165, 1.54) is 36.8 Å². The van der Waals surface area contributed by atoms with Gasteiger partial charge in [0.2, 0.25) is 0 Å². The van der Waals surface area contributed by atoms with Crippen LogP contribution in [0.15, 0.2) is 18.2 Å². The summed E-state index contributed by atoms with van der Waals surface area (Å²) in [6.07, 6.45) is 5.30. The van der Waals surface area contributed by atoms with Gasteiger partial charge in [-0.2, -0.15) is 0 Å². The van der Waals surface area contributed by atoms with E-state index in [2.05, 4.69) is 32.0 Å². The molecule has 0 bridgehead atoms. The van der Waals surface area contributed by atoms with Gasteiger partial charge >= 0.3 is 0 Å². The predicted molar refractivity (Wildman–Crippen MR) is 80.6 cm³/mol. The van der Waals surface area contributed by atoms with Crippen LogP contribution in [0.1, 0.15) is 49.7 Å². The molecule has 0 aromatic heterocycles. The number of rotatable bonds is 4. The number of hydrogen-bond donors (Lipinski definition) is 1. The van der Waals surface area contributed by atoms with Crippen LogP contribution in [0.5, 0.6) is 5.75 Å². The fourth-order valence-electron chi connectivity index (χ4n) is 3.41. The van der Waals surface area contributed by atoms with E-state index in [-0.39, 0.29) is 0 Å². The molecule has 1 aliphatic carbocycles. The van der Waals surface area contributed by atoms with Gasteiger partial charge in [0.15, 0.2) is 0 Å². The molecule has 19 heavy (non-hydrogen) atoms. The Bertz CT molecular complexity index is 408. The molecule has 0 aliphatic heterocycles. The third-order valence-corrected chi connectivity index (χ3v) is 4.67. The van der Waals surface area contributed by atoms with Crippen molar-refractivity contribution in [2.75, 3.05) is 13.7 Å². The zero-order valence-electron chi connectivity index (χ0n) is 12.5. The molecule has 0 saturated heterocycles. The van der Waals surface area contributed by atoms with Crippen LogP contribution < -0.4 is 10.5 Å². The van der Waals surface area contributed by atoms with Gasteiger partial charge in [0.1, 0.15) is 5.75 Å². The van der Waals surface area contributed by atoms with Crippen molar-refractivity contribution in [1.82, 2.24) is 0 Å². The summed E-state index contributed by atoms with van der Waals surface area (Å²) in [7, 11) is 1.75. The topological polar surface area (TPSA) is 35.2 Å². The minimum absolute atomic E-state index is 0.447. The van der Waals surface area contributed by atoms with Gasteiger partial charge in [0.25, 0.3) is 0 Å². The van der Waals surface area contributed by atoms with Gasteiger partial charge in [-0.1, -0.05) is 37.5 Å². The third-order valence-electron chi connectivity index (χ3n) is 4.67. The van der Waals surface area contributed by atoms with Gasteiger partial charge in [-0.3, -0.25) is 0 Å².